The van der Waals surface area contributed by atoms with Gasteiger partial charge in [-0.15, -0.1) is 0 Å². The Morgan fingerprint density at radius 1 is 1.04 bits per heavy atom. The largest absolute Gasteiger partial charge is 0.497 e. The van der Waals surface area contributed by atoms with Crippen LogP contribution >= 0.6 is 15.9 Å². The maximum Gasteiger partial charge on any atom is 0.256 e. The second-order valence-electron chi connectivity index (χ2n) is 6.65. The van der Waals surface area contributed by atoms with E-state index in [0.29, 0.717) is 43.5 Å². The highest BCUT2D eigenvalue weighted by Gasteiger charge is 2.26. The van der Waals surface area contributed by atoms with Crippen LogP contribution in [0.3, 0.4) is 0 Å². The highest BCUT2D eigenvalue weighted by Crippen LogP contribution is 2.19. The lowest BCUT2D eigenvalue weighted by molar-refractivity contribution is -0.132. The Hall–Kier alpha value is -2.41. The van der Waals surface area contributed by atoms with Crippen molar-refractivity contribution in [1.82, 2.24) is 9.80 Å². The van der Waals surface area contributed by atoms with Crippen molar-refractivity contribution in [2.24, 2.45) is 0 Å². The standard InChI is InChI=1S/C21H22BrFN2O3/c1-28-17-6-2-15(3-7-17)4-9-20(26)24-10-12-25(13-11-24)21(27)18-14-16(22)5-8-19(18)23/h2-3,5-8,14H,4,9-13H2,1H3. The molecule has 0 N–H and O–H groups in total. The first kappa shape index (κ1) is 20.3. The molecule has 1 heterocycles. The quantitative estimate of drug-likeness (QED) is 0.702. The minimum atomic E-state index is -0.536. The molecule has 148 valence electrons. The summed E-state index contributed by atoms with van der Waals surface area (Å²) in [6, 6.07) is 12.0. The molecule has 1 aliphatic rings. The number of hydrogen-bond acceptors (Lipinski definition) is 3. The van der Waals surface area contributed by atoms with Gasteiger partial charge in [-0.2, -0.15) is 0 Å². The van der Waals surface area contributed by atoms with Gasteiger partial charge in [0.25, 0.3) is 5.91 Å². The van der Waals surface area contributed by atoms with E-state index in [-0.39, 0.29) is 17.4 Å². The van der Waals surface area contributed by atoms with Crippen LogP contribution in [-0.4, -0.2) is 54.9 Å². The summed E-state index contributed by atoms with van der Waals surface area (Å²) in [5, 5.41) is 0. The molecule has 3 rings (SSSR count). The molecule has 0 aliphatic carbocycles. The van der Waals surface area contributed by atoms with Crippen LogP contribution < -0.4 is 4.74 Å². The molecule has 2 aromatic rings. The molecule has 0 saturated carbocycles. The van der Waals surface area contributed by atoms with Crippen molar-refractivity contribution in [2.45, 2.75) is 12.8 Å². The predicted molar refractivity (Wildman–Crippen MR) is 108 cm³/mol. The summed E-state index contributed by atoms with van der Waals surface area (Å²) >= 11 is 3.26. The first-order valence-electron chi connectivity index (χ1n) is 9.13. The van der Waals surface area contributed by atoms with Crippen molar-refractivity contribution >= 4 is 27.7 Å². The van der Waals surface area contributed by atoms with Gasteiger partial charge < -0.3 is 14.5 Å². The van der Waals surface area contributed by atoms with Gasteiger partial charge in [0.1, 0.15) is 11.6 Å². The molecule has 1 saturated heterocycles. The molecule has 2 amide bonds. The molecule has 0 atom stereocenters. The normalized spacial score (nSPS) is 14.1. The smallest absolute Gasteiger partial charge is 0.256 e. The van der Waals surface area contributed by atoms with E-state index in [1.807, 2.05) is 24.3 Å². The maximum atomic E-state index is 13.9. The summed E-state index contributed by atoms with van der Waals surface area (Å²) in [5.74, 6) is -0.0235. The van der Waals surface area contributed by atoms with Gasteiger partial charge in [-0.25, -0.2) is 4.39 Å². The summed E-state index contributed by atoms with van der Waals surface area (Å²) in [6.45, 7) is 1.73. The lowest BCUT2D eigenvalue weighted by Gasteiger charge is -2.35. The number of amides is 2. The third kappa shape index (κ3) is 4.90. The van der Waals surface area contributed by atoms with Crippen molar-refractivity contribution in [3.63, 3.8) is 0 Å². The zero-order chi connectivity index (χ0) is 20.1. The van der Waals surface area contributed by atoms with Gasteiger partial charge in [0, 0.05) is 37.1 Å². The number of halogens is 2. The predicted octanol–water partition coefficient (Wildman–Crippen LogP) is 3.51. The van der Waals surface area contributed by atoms with Crippen molar-refractivity contribution < 1.29 is 18.7 Å². The van der Waals surface area contributed by atoms with Crippen molar-refractivity contribution in [1.29, 1.82) is 0 Å². The number of rotatable bonds is 5. The number of methoxy groups -OCH3 is 1. The number of aryl methyl sites for hydroxylation is 1. The minimum absolute atomic E-state index is 0.0497. The molecule has 28 heavy (non-hydrogen) atoms. The van der Waals surface area contributed by atoms with E-state index in [2.05, 4.69) is 15.9 Å². The fraction of sp³-hybridized carbons (Fsp3) is 0.333. The number of hydrogen-bond donors (Lipinski definition) is 0. The van der Waals surface area contributed by atoms with Crippen LogP contribution in [0.1, 0.15) is 22.3 Å². The van der Waals surface area contributed by atoms with E-state index in [4.69, 9.17) is 4.74 Å². The van der Waals surface area contributed by atoms with E-state index >= 15 is 0 Å². The molecule has 0 spiro atoms. The second-order valence-corrected chi connectivity index (χ2v) is 7.56. The molecule has 1 aliphatic heterocycles. The first-order chi connectivity index (χ1) is 13.5. The summed E-state index contributed by atoms with van der Waals surface area (Å²) in [4.78, 5) is 28.4. The molecule has 7 heteroatoms. The highest BCUT2D eigenvalue weighted by molar-refractivity contribution is 9.10. The minimum Gasteiger partial charge on any atom is -0.497 e. The Balaban J connectivity index is 1.50. The highest BCUT2D eigenvalue weighted by atomic mass is 79.9. The molecule has 0 radical (unpaired) electrons. The van der Waals surface area contributed by atoms with Gasteiger partial charge in [0.2, 0.25) is 5.91 Å². The van der Waals surface area contributed by atoms with Gasteiger partial charge in [-0.3, -0.25) is 9.59 Å². The van der Waals surface area contributed by atoms with Gasteiger partial charge >= 0.3 is 0 Å². The van der Waals surface area contributed by atoms with E-state index in [1.165, 1.54) is 12.1 Å². The first-order valence-corrected chi connectivity index (χ1v) is 9.92. The molecular weight excluding hydrogens is 427 g/mol. The molecule has 0 bridgehead atoms. The number of carbonyl (C=O) groups is 2. The summed E-state index contributed by atoms with van der Waals surface area (Å²) in [6.07, 6.45) is 1.08. The monoisotopic (exact) mass is 448 g/mol. The topological polar surface area (TPSA) is 49.9 Å². The summed E-state index contributed by atoms with van der Waals surface area (Å²) in [7, 11) is 1.62. The Morgan fingerprint density at radius 3 is 2.32 bits per heavy atom. The Labute approximate surface area is 172 Å². The summed E-state index contributed by atoms with van der Waals surface area (Å²) in [5.41, 5.74) is 1.13. The lowest BCUT2D eigenvalue weighted by Crippen LogP contribution is -2.50. The van der Waals surface area contributed by atoms with E-state index in [0.717, 1.165) is 11.3 Å². The van der Waals surface area contributed by atoms with Crippen LogP contribution in [0.4, 0.5) is 4.39 Å². The van der Waals surface area contributed by atoms with Gasteiger partial charge in [-0.1, -0.05) is 28.1 Å². The number of carbonyl (C=O) groups excluding carboxylic acids is 2. The molecule has 2 aromatic carbocycles. The maximum absolute atomic E-state index is 13.9. The molecular formula is C21H22BrFN2O3. The molecule has 0 unspecified atom stereocenters. The van der Waals surface area contributed by atoms with Crippen molar-refractivity contribution in [3.8, 4) is 5.75 Å². The Morgan fingerprint density at radius 2 is 1.68 bits per heavy atom. The summed E-state index contributed by atoms with van der Waals surface area (Å²) < 4.78 is 19.7. The van der Waals surface area contributed by atoms with Crippen LogP contribution in [0.2, 0.25) is 0 Å². The fourth-order valence-corrected chi connectivity index (χ4v) is 3.55. The molecule has 0 aromatic heterocycles. The number of benzene rings is 2. The number of piperazine rings is 1. The van der Waals surface area contributed by atoms with Crippen LogP contribution in [0, 0.1) is 5.82 Å². The van der Waals surface area contributed by atoms with Crippen LogP contribution in [0.5, 0.6) is 5.75 Å². The van der Waals surface area contributed by atoms with Crippen LogP contribution in [0.25, 0.3) is 0 Å². The van der Waals surface area contributed by atoms with Crippen molar-refractivity contribution in [3.05, 3.63) is 63.9 Å². The fourth-order valence-electron chi connectivity index (χ4n) is 3.19. The van der Waals surface area contributed by atoms with Gasteiger partial charge in [0.05, 0.1) is 12.7 Å². The van der Waals surface area contributed by atoms with Gasteiger partial charge in [0.15, 0.2) is 0 Å². The van der Waals surface area contributed by atoms with E-state index < -0.39 is 5.82 Å². The van der Waals surface area contributed by atoms with Crippen LogP contribution in [0.15, 0.2) is 46.9 Å². The zero-order valence-electron chi connectivity index (χ0n) is 15.7. The Bertz CT molecular complexity index is 849. The van der Waals surface area contributed by atoms with E-state index in [9.17, 15) is 14.0 Å². The number of nitrogens with zero attached hydrogens (tertiary/aromatic N) is 2. The third-order valence-electron chi connectivity index (χ3n) is 4.86. The lowest BCUT2D eigenvalue weighted by atomic mass is 10.1. The zero-order valence-corrected chi connectivity index (χ0v) is 17.2. The van der Waals surface area contributed by atoms with Crippen molar-refractivity contribution in [2.75, 3.05) is 33.3 Å². The third-order valence-corrected chi connectivity index (χ3v) is 5.36. The average molecular weight is 449 g/mol. The van der Waals surface area contributed by atoms with Gasteiger partial charge in [-0.05, 0) is 42.3 Å². The SMILES string of the molecule is COc1ccc(CCC(=O)N2CCN(C(=O)c3cc(Br)ccc3F)CC2)cc1. The molecule has 5 nitrogen and oxygen atoms in total. The van der Waals surface area contributed by atoms with E-state index in [1.54, 1.807) is 23.0 Å². The molecule has 1 fully saturated rings. The number of ether oxygens (including phenoxy) is 1. The Kier molecular flexibility index (Phi) is 6.67. The second kappa shape index (κ2) is 9.19. The van der Waals surface area contributed by atoms with Crippen LogP contribution in [-0.2, 0) is 11.2 Å². The average Bonchev–Trinajstić information content (AvgIpc) is 2.73.